The van der Waals surface area contributed by atoms with E-state index in [1.54, 1.807) is 0 Å². The Bertz CT molecular complexity index is 564. The third kappa shape index (κ3) is 2.56. The maximum absolute atomic E-state index is 6.40. The van der Waals surface area contributed by atoms with Crippen LogP contribution < -0.4 is 5.73 Å². The second-order valence-electron chi connectivity index (χ2n) is 5.51. The minimum absolute atomic E-state index is 0.102. The summed E-state index contributed by atoms with van der Waals surface area (Å²) in [5.74, 6) is 0.548. The zero-order valence-corrected chi connectivity index (χ0v) is 12.4. The molecule has 2 rings (SSSR count). The molecule has 3 nitrogen and oxygen atoms in total. The molecule has 0 bridgehead atoms. The minimum Gasteiger partial charge on any atom is -0.320 e. The first kappa shape index (κ1) is 13.8. The molecular formula is C16H23N3. The standard InChI is InChI=1S/C16H23N3/c1-10(2)13-6-8-14(9-7-13)16(17)15-11(3)18-19(5)12(15)4/h6-10,16H,17H2,1-5H3. The van der Waals surface area contributed by atoms with E-state index in [9.17, 15) is 0 Å². The van der Waals surface area contributed by atoms with E-state index in [1.807, 2.05) is 18.7 Å². The number of hydrogen-bond donors (Lipinski definition) is 1. The molecule has 19 heavy (non-hydrogen) atoms. The quantitative estimate of drug-likeness (QED) is 0.917. The Labute approximate surface area is 115 Å². The largest absolute Gasteiger partial charge is 0.320 e. The van der Waals surface area contributed by atoms with E-state index in [1.165, 1.54) is 5.56 Å². The molecule has 0 spiro atoms. The average Bonchev–Trinajstić information content (AvgIpc) is 2.62. The van der Waals surface area contributed by atoms with Crippen molar-refractivity contribution in [2.24, 2.45) is 12.8 Å². The van der Waals surface area contributed by atoms with Crippen molar-refractivity contribution in [3.05, 3.63) is 52.3 Å². The highest BCUT2D eigenvalue weighted by molar-refractivity contribution is 5.38. The van der Waals surface area contributed by atoms with Gasteiger partial charge in [-0.05, 0) is 30.9 Å². The minimum atomic E-state index is -0.102. The zero-order chi connectivity index (χ0) is 14.2. The van der Waals surface area contributed by atoms with Gasteiger partial charge in [0.25, 0.3) is 0 Å². The number of hydrogen-bond acceptors (Lipinski definition) is 2. The summed E-state index contributed by atoms with van der Waals surface area (Å²) in [6.45, 7) is 8.48. The third-order valence-corrected chi connectivity index (χ3v) is 3.84. The van der Waals surface area contributed by atoms with Crippen LogP contribution >= 0.6 is 0 Å². The predicted molar refractivity (Wildman–Crippen MR) is 79.2 cm³/mol. The molecule has 102 valence electrons. The van der Waals surface area contributed by atoms with E-state index >= 15 is 0 Å². The van der Waals surface area contributed by atoms with Crippen molar-refractivity contribution in [2.75, 3.05) is 0 Å². The second-order valence-corrected chi connectivity index (χ2v) is 5.51. The van der Waals surface area contributed by atoms with Crippen molar-refractivity contribution < 1.29 is 0 Å². The summed E-state index contributed by atoms with van der Waals surface area (Å²) < 4.78 is 1.90. The summed E-state index contributed by atoms with van der Waals surface area (Å²) >= 11 is 0. The maximum atomic E-state index is 6.40. The summed E-state index contributed by atoms with van der Waals surface area (Å²) in [4.78, 5) is 0. The molecule has 0 amide bonds. The monoisotopic (exact) mass is 257 g/mol. The molecule has 1 aromatic carbocycles. The lowest BCUT2D eigenvalue weighted by Crippen LogP contribution is -2.14. The average molecular weight is 257 g/mol. The van der Waals surface area contributed by atoms with Gasteiger partial charge in [-0.2, -0.15) is 5.10 Å². The Hall–Kier alpha value is -1.61. The molecule has 2 N–H and O–H groups in total. The Kier molecular flexibility index (Phi) is 3.76. The Morgan fingerprint density at radius 2 is 1.58 bits per heavy atom. The van der Waals surface area contributed by atoms with E-state index in [2.05, 4.69) is 50.1 Å². The van der Waals surface area contributed by atoms with Crippen LogP contribution in [0.3, 0.4) is 0 Å². The van der Waals surface area contributed by atoms with Crippen LogP contribution in [0.5, 0.6) is 0 Å². The van der Waals surface area contributed by atoms with Crippen molar-refractivity contribution in [2.45, 2.75) is 39.7 Å². The molecule has 0 aliphatic heterocycles. The van der Waals surface area contributed by atoms with Crippen LogP contribution in [-0.4, -0.2) is 9.78 Å². The second kappa shape index (κ2) is 5.17. The molecule has 1 atom stereocenters. The van der Waals surface area contributed by atoms with Gasteiger partial charge in [0.1, 0.15) is 0 Å². The Balaban J connectivity index is 2.36. The van der Waals surface area contributed by atoms with Crippen LogP contribution in [0.1, 0.15) is 53.9 Å². The smallest absolute Gasteiger partial charge is 0.0647 e. The van der Waals surface area contributed by atoms with Gasteiger partial charge in [0.2, 0.25) is 0 Å². The van der Waals surface area contributed by atoms with Crippen molar-refractivity contribution in [1.29, 1.82) is 0 Å². The molecule has 0 saturated carbocycles. The summed E-state index contributed by atoms with van der Waals surface area (Å²) in [7, 11) is 1.96. The van der Waals surface area contributed by atoms with E-state index in [0.717, 1.165) is 22.5 Å². The molecule has 0 aliphatic rings. The molecule has 0 fully saturated rings. The van der Waals surface area contributed by atoms with E-state index in [-0.39, 0.29) is 6.04 Å². The van der Waals surface area contributed by atoms with Gasteiger partial charge in [0.05, 0.1) is 11.7 Å². The van der Waals surface area contributed by atoms with Gasteiger partial charge in [-0.3, -0.25) is 4.68 Å². The normalized spacial score (nSPS) is 13.0. The molecule has 1 heterocycles. The summed E-state index contributed by atoms with van der Waals surface area (Å²) in [6.07, 6.45) is 0. The van der Waals surface area contributed by atoms with Gasteiger partial charge in [-0.15, -0.1) is 0 Å². The summed E-state index contributed by atoms with van der Waals surface area (Å²) in [6, 6.07) is 8.49. The maximum Gasteiger partial charge on any atom is 0.0647 e. The van der Waals surface area contributed by atoms with Gasteiger partial charge in [-0.25, -0.2) is 0 Å². The SMILES string of the molecule is Cc1nn(C)c(C)c1C(N)c1ccc(C(C)C)cc1. The highest BCUT2D eigenvalue weighted by atomic mass is 15.3. The fraction of sp³-hybridized carbons (Fsp3) is 0.438. The third-order valence-electron chi connectivity index (χ3n) is 3.84. The van der Waals surface area contributed by atoms with Crippen LogP contribution in [0.15, 0.2) is 24.3 Å². The number of rotatable bonds is 3. The van der Waals surface area contributed by atoms with Crippen LogP contribution in [-0.2, 0) is 7.05 Å². The van der Waals surface area contributed by atoms with Crippen LogP contribution in [0.25, 0.3) is 0 Å². The van der Waals surface area contributed by atoms with E-state index in [4.69, 9.17) is 5.73 Å². The van der Waals surface area contributed by atoms with Gasteiger partial charge in [0.15, 0.2) is 0 Å². The topological polar surface area (TPSA) is 43.8 Å². The molecule has 0 saturated heterocycles. The summed E-state index contributed by atoms with van der Waals surface area (Å²) in [5, 5.41) is 4.44. The highest BCUT2D eigenvalue weighted by Gasteiger charge is 2.18. The van der Waals surface area contributed by atoms with Crippen LogP contribution in [0, 0.1) is 13.8 Å². The highest BCUT2D eigenvalue weighted by Crippen LogP contribution is 2.26. The summed E-state index contributed by atoms with van der Waals surface area (Å²) in [5.41, 5.74) is 12.2. The Morgan fingerprint density at radius 1 is 1.05 bits per heavy atom. The van der Waals surface area contributed by atoms with E-state index < -0.39 is 0 Å². The van der Waals surface area contributed by atoms with Crippen molar-refractivity contribution in [3.63, 3.8) is 0 Å². The van der Waals surface area contributed by atoms with Crippen molar-refractivity contribution in [3.8, 4) is 0 Å². The first-order valence-electron chi connectivity index (χ1n) is 6.77. The lowest BCUT2D eigenvalue weighted by atomic mass is 9.95. The van der Waals surface area contributed by atoms with Gasteiger partial charge < -0.3 is 5.73 Å². The lowest BCUT2D eigenvalue weighted by molar-refractivity contribution is 0.728. The van der Waals surface area contributed by atoms with Crippen molar-refractivity contribution >= 4 is 0 Å². The molecule has 3 heteroatoms. The molecule has 0 aliphatic carbocycles. The first-order chi connectivity index (χ1) is 8.91. The number of nitrogens with two attached hydrogens (primary N) is 1. The molecular weight excluding hydrogens is 234 g/mol. The lowest BCUT2D eigenvalue weighted by Gasteiger charge is -2.14. The zero-order valence-electron chi connectivity index (χ0n) is 12.4. The fourth-order valence-electron chi connectivity index (χ4n) is 2.49. The van der Waals surface area contributed by atoms with Gasteiger partial charge in [0, 0.05) is 18.3 Å². The number of aromatic nitrogens is 2. The fourth-order valence-corrected chi connectivity index (χ4v) is 2.49. The predicted octanol–water partition coefficient (Wildman–Crippen LogP) is 3.21. The molecule has 1 aromatic heterocycles. The van der Waals surface area contributed by atoms with Crippen LogP contribution in [0.4, 0.5) is 0 Å². The molecule has 1 unspecified atom stereocenters. The molecule has 2 aromatic rings. The van der Waals surface area contributed by atoms with E-state index in [0.29, 0.717) is 5.92 Å². The van der Waals surface area contributed by atoms with Crippen molar-refractivity contribution in [1.82, 2.24) is 9.78 Å². The number of aryl methyl sites for hydroxylation is 2. The molecule has 0 radical (unpaired) electrons. The number of nitrogens with zero attached hydrogens (tertiary/aromatic N) is 2. The first-order valence-corrected chi connectivity index (χ1v) is 6.77. The Morgan fingerprint density at radius 3 is 2.00 bits per heavy atom. The number of benzene rings is 1. The van der Waals surface area contributed by atoms with Gasteiger partial charge in [-0.1, -0.05) is 38.1 Å². The van der Waals surface area contributed by atoms with Gasteiger partial charge >= 0.3 is 0 Å². The van der Waals surface area contributed by atoms with Crippen LogP contribution in [0.2, 0.25) is 0 Å².